The van der Waals surface area contributed by atoms with Crippen molar-refractivity contribution < 1.29 is 19.8 Å². The number of carbonyl (C=O) groups excluding carboxylic acids is 1. The molecule has 0 saturated carbocycles. The minimum Gasteiger partial charge on any atom is -0.480 e. The monoisotopic (exact) mass is 244 g/mol. The van der Waals surface area contributed by atoms with Crippen LogP contribution in [0.4, 0.5) is 4.79 Å². The molecule has 1 rings (SSSR count). The molecule has 6 heteroatoms. The number of carbonyl (C=O) groups is 2. The molecule has 1 unspecified atom stereocenters. The molecule has 1 saturated heterocycles. The minimum atomic E-state index is -1.02. The number of hydrogen-bond donors (Lipinski definition) is 2. The van der Waals surface area contributed by atoms with Crippen LogP contribution in [-0.4, -0.2) is 63.8 Å². The Hall–Kier alpha value is -1.30. The van der Waals surface area contributed by atoms with Crippen LogP contribution in [0.2, 0.25) is 0 Å². The molecule has 0 bridgehead atoms. The van der Waals surface area contributed by atoms with Crippen LogP contribution in [0.3, 0.4) is 0 Å². The lowest BCUT2D eigenvalue weighted by atomic mass is 9.94. The number of carboxylic acids is 1. The molecular formula is C11H20N2O4. The van der Waals surface area contributed by atoms with Gasteiger partial charge in [-0.15, -0.1) is 0 Å². The smallest absolute Gasteiger partial charge is 0.326 e. The molecule has 17 heavy (non-hydrogen) atoms. The van der Waals surface area contributed by atoms with E-state index in [0.717, 1.165) is 0 Å². The van der Waals surface area contributed by atoms with Crippen LogP contribution in [0, 0.1) is 0 Å². The van der Waals surface area contributed by atoms with Gasteiger partial charge in [0, 0.05) is 20.1 Å². The highest BCUT2D eigenvalue weighted by molar-refractivity contribution is 5.82. The molecule has 1 fully saturated rings. The zero-order chi connectivity index (χ0) is 13.2. The molecule has 0 aliphatic carbocycles. The zero-order valence-electron chi connectivity index (χ0n) is 10.5. The second-order valence-corrected chi connectivity index (χ2v) is 4.89. The normalized spacial score (nSPS) is 20.8. The Morgan fingerprint density at radius 1 is 1.35 bits per heavy atom. The van der Waals surface area contributed by atoms with Gasteiger partial charge in [-0.25, -0.2) is 9.59 Å². The number of carboxylic acid groups (broad SMARTS) is 1. The summed E-state index contributed by atoms with van der Waals surface area (Å²) in [7, 11) is 1.48. The number of nitrogens with zero attached hydrogens (tertiary/aromatic N) is 2. The van der Waals surface area contributed by atoms with Gasteiger partial charge in [0.25, 0.3) is 0 Å². The highest BCUT2D eigenvalue weighted by Gasteiger charge is 2.32. The highest BCUT2D eigenvalue weighted by atomic mass is 16.4. The van der Waals surface area contributed by atoms with Crippen LogP contribution >= 0.6 is 0 Å². The lowest BCUT2D eigenvalue weighted by Crippen LogP contribution is -2.52. The summed E-state index contributed by atoms with van der Waals surface area (Å²) in [5, 5.41) is 18.6. The van der Waals surface area contributed by atoms with Crippen LogP contribution in [0.1, 0.15) is 26.7 Å². The third-order valence-corrected chi connectivity index (χ3v) is 3.35. The zero-order valence-corrected chi connectivity index (χ0v) is 10.5. The topological polar surface area (TPSA) is 81.1 Å². The van der Waals surface area contributed by atoms with Gasteiger partial charge in [0.15, 0.2) is 0 Å². The fourth-order valence-corrected chi connectivity index (χ4v) is 1.73. The third kappa shape index (κ3) is 3.33. The van der Waals surface area contributed by atoms with E-state index < -0.39 is 17.6 Å². The Morgan fingerprint density at radius 3 is 2.24 bits per heavy atom. The Morgan fingerprint density at radius 2 is 1.82 bits per heavy atom. The maximum Gasteiger partial charge on any atom is 0.326 e. The van der Waals surface area contributed by atoms with Gasteiger partial charge in [0.2, 0.25) is 0 Å². The number of likely N-dealkylation sites (tertiary alicyclic amines) is 1. The van der Waals surface area contributed by atoms with Crippen LogP contribution in [-0.2, 0) is 4.79 Å². The van der Waals surface area contributed by atoms with Crippen molar-refractivity contribution >= 4 is 12.0 Å². The summed E-state index contributed by atoms with van der Waals surface area (Å²) in [6.45, 7) is 4.14. The van der Waals surface area contributed by atoms with Crippen LogP contribution in [0.15, 0.2) is 0 Å². The molecule has 2 N–H and O–H groups in total. The van der Waals surface area contributed by atoms with Gasteiger partial charge in [0.05, 0.1) is 5.60 Å². The number of urea groups is 1. The molecule has 0 spiro atoms. The fourth-order valence-electron chi connectivity index (χ4n) is 1.73. The SMILES string of the molecule is CC(C(=O)O)N(C)C(=O)N1CCC(C)(O)CC1. The molecule has 2 amide bonds. The number of amides is 2. The number of piperidine rings is 1. The van der Waals surface area contributed by atoms with E-state index in [1.165, 1.54) is 18.9 Å². The summed E-state index contributed by atoms with van der Waals surface area (Å²) in [4.78, 5) is 25.5. The predicted octanol–water partition coefficient (Wildman–Crippen LogP) is 0.358. The second kappa shape index (κ2) is 4.91. The standard InChI is InChI=1S/C11H20N2O4/c1-8(9(14)15)12(3)10(16)13-6-4-11(2,17)5-7-13/h8,17H,4-7H2,1-3H3,(H,14,15). The van der Waals surface area contributed by atoms with Crippen molar-refractivity contribution in [1.82, 2.24) is 9.80 Å². The first-order chi connectivity index (χ1) is 7.74. The van der Waals surface area contributed by atoms with E-state index in [-0.39, 0.29) is 6.03 Å². The molecular weight excluding hydrogens is 224 g/mol. The molecule has 0 radical (unpaired) electrons. The summed E-state index contributed by atoms with van der Waals surface area (Å²) in [5.74, 6) is -1.02. The number of aliphatic carboxylic acids is 1. The molecule has 98 valence electrons. The number of hydrogen-bond acceptors (Lipinski definition) is 3. The van der Waals surface area contributed by atoms with Crippen molar-refractivity contribution in [2.45, 2.75) is 38.3 Å². The van der Waals surface area contributed by atoms with Crippen molar-refractivity contribution in [2.24, 2.45) is 0 Å². The fraction of sp³-hybridized carbons (Fsp3) is 0.818. The molecule has 1 aliphatic heterocycles. The van der Waals surface area contributed by atoms with Gasteiger partial charge in [-0.3, -0.25) is 0 Å². The van der Waals surface area contributed by atoms with Gasteiger partial charge >= 0.3 is 12.0 Å². The van der Waals surface area contributed by atoms with Crippen molar-refractivity contribution in [3.8, 4) is 0 Å². The van der Waals surface area contributed by atoms with Crippen molar-refractivity contribution in [3.05, 3.63) is 0 Å². The Kier molecular flexibility index (Phi) is 3.98. The first kappa shape index (κ1) is 13.8. The molecule has 6 nitrogen and oxygen atoms in total. The first-order valence-electron chi connectivity index (χ1n) is 5.71. The Balaban J connectivity index is 2.57. The van der Waals surface area contributed by atoms with E-state index in [0.29, 0.717) is 25.9 Å². The van der Waals surface area contributed by atoms with Crippen molar-refractivity contribution in [3.63, 3.8) is 0 Å². The van der Waals surface area contributed by atoms with Crippen LogP contribution in [0.5, 0.6) is 0 Å². The lowest BCUT2D eigenvalue weighted by Gasteiger charge is -2.38. The average molecular weight is 244 g/mol. The maximum atomic E-state index is 12.0. The lowest BCUT2D eigenvalue weighted by molar-refractivity contribution is -0.141. The molecule has 1 heterocycles. The molecule has 1 atom stereocenters. The van der Waals surface area contributed by atoms with Gasteiger partial charge in [-0.2, -0.15) is 0 Å². The summed E-state index contributed by atoms with van der Waals surface area (Å²) in [5.41, 5.74) is -0.715. The molecule has 1 aliphatic rings. The number of likely N-dealkylation sites (N-methyl/N-ethyl adjacent to an activating group) is 1. The third-order valence-electron chi connectivity index (χ3n) is 3.35. The molecule has 0 aromatic heterocycles. The maximum absolute atomic E-state index is 12.0. The van der Waals surface area contributed by atoms with Gasteiger partial charge < -0.3 is 20.0 Å². The van der Waals surface area contributed by atoms with Crippen molar-refractivity contribution in [1.29, 1.82) is 0 Å². The Bertz CT molecular complexity index is 307. The average Bonchev–Trinajstić information content (AvgIpc) is 2.26. The van der Waals surface area contributed by atoms with Crippen molar-refractivity contribution in [2.75, 3.05) is 20.1 Å². The summed E-state index contributed by atoms with van der Waals surface area (Å²) < 4.78 is 0. The second-order valence-electron chi connectivity index (χ2n) is 4.89. The first-order valence-corrected chi connectivity index (χ1v) is 5.71. The largest absolute Gasteiger partial charge is 0.480 e. The van der Waals surface area contributed by atoms with Crippen LogP contribution in [0.25, 0.3) is 0 Å². The quantitative estimate of drug-likeness (QED) is 0.734. The minimum absolute atomic E-state index is 0.296. The summed E-state index contributed by atoms with van der Waals surface area (Å²) >= 11 is 0. The van der Waals surface area contributed by atoms with Gasteiger partial charge in [-0.1, -0.05) is 0 Å². The molecule has 0 aromatic carbocycles. The highest BCUT2D eigenvalue weighted by Crippen LogP contribution is 2.22. The van der Waals surface area contributed by atoms with E-state index in [4.69, 9.17) is 5.11 Å². The number of rotatable bonds is 2. The number of aliphatic hydroxyl groups is 1. The van der Waals surface area contributed by atoms with Crippen LogP contribution < -0.4 is 0 Å². The van der Waals surface area contributed by atoms with E-state index in [1.807, 2.05) is 0 Å². The summed E-state index contributed by atoms with van der Waals surface area (Å²) in [6, 6.07) is -1.14. The van der Waals surface area contributed by atoms with E-state index in [2.05, 4.69) is 0 Å². The van der Waals surface area contributed by atoms with Gasteiger partial charge in [-0.05, 0) is 26.7 Å². The van der Waals surface area contributed by atoms with Gasteiger partial charge in [0.1, 0.15) is 6.04 Å². The summed E-state index contributed by atoms with van der Waals surface area (Å²) in [6.07, 6.45) is 1.04. The predicted molar refractivity (Wildman–Crippen MR) is 61.7 cm³/mol. The van der Waals surface area contributed by atoms with E-state index in [1.54, 1.807) is 11.8 Å². The Labute approximate surface area is 101 Å². The van der Waals surface area contributed by atoms with E-state index in [9.17, 15) is 14.7 Å². The molecule has 0 aromatic rings. The van der Waals surface area contributed by atoms with E-state index >= 15 is 0 Å².